The van der Waals surface area contributed by atoms with Gasteiger partial charge in [0.15, 0.2) is 5.82 Å². The summed E-state index contributed by atoms with van der Waals surface area (Å²) in [5, 5.41) is 3.88. The predicted octanol–water partition coefficient (Wildman–Crippen LogP) is 2.11. The van der Waals surface area contributed by atoms with Crippen LogP contribution in [0.2, 0.25) is 0 Å². The lowest BCUT2D eigenvalue weighted by Crippen LogP contribution is -2.05. The van der Waals surface area contributed by atoms with E-state index in [0.717, 1.165) is 11.3 Å². The van der Waals surface area contributed by atoms with Crippen molar-refractivity contribution in [3.8, 4) is 5.75 Å². The van der Waals surface area contributed by atoms with Gasteiger partial charge in [-0.1, -0.05) is 17.3 Å². The number of methoxy groups -OCH3 is 1. The van der Waals surface area contributed by atoms with E-state index >= 15 is 0 Å². The Bertz CT molecular complexity index is 482. The van der Waals surface area contributed by atoms with Crippen LogP contribution in [0.1, 0.15) is 30.2 Å². The minimum atomic E-state index is -0.230. The van der Waals surface area contributed by atoms with E-state index in [0.29, 0.717) is 18.1 Å². The first-order chi connectivity index (χ1) is 8.19. The van der Waals surface area contributed by atoms with Crippen LogP contribution in [0.25, 0.3) is 0 Å². The Balaban J connectivity index is 0.00000162. The standard InChI is InChI=1S/C12H15N3O2.ClH/c1-8(13)12-14-11(15-17-12)7-9-3-5-10(16-2)6-4-9;/h3-6,8H,7,13H2,1-2H3;1H/t8-;/m1./s1. The largest absolute Gasteiger partial charge is 0.497 e. The van der Waals surface area contributed by atoms with Crippen molar-refractivity contribution in [1.82, 2.24) is 10.1 Å². The molecule has 0 fully saturated rings. The van der Waals surface area contributed by atoms with Gasteiger partial charge in [0.05, 0.1) is 13.2 Å². The molecular formula is C12H16ClN3O2. The molecule has 0 saturated heterocycles. The van der Waals surface area contributed by atoms with E-state index in [4.69, 9.17) is 15.0 Å². The molecule has 2 N–H and O–H groups in total. The molecule has 6 heteroatoms. The summed E-state index contributed by atoms with van der Waals surface area (Å²) < 4.78 is 10.1. The molecule has 18 heavy (non-hydrogen) atoms. The highest BCUT2D eigenvalue weighted by atomic mass is 35.5. The average molecular weight is 270 g/mol. The highest BCUT2D eigenvalue weighted by Crippen LogP contribution is 2.14. The first-order valence-corrected chi connectivity index (χ1v) is 5.40. The molecule has 0 unspecified atom stereocenters. The van der Waals surface area contributed by atoms with Gasteiger partial charge < -0.3 is 15.0 Å². The van der Waals surface area contributed by atoms with Crippen molar-refractivity contribution in [2.24, 2.45) is 5.73 Å². The highest BCUT2D eigenvalue weighted by Gasteiger charge is 2.10. The van der Waals surface area contributed by atoms with E-state index in [-0.39, 0.29) is 18.4 Å². The number of aromatic nitrogens is 2. The summed E-state index contributed by atoms with van der Waals surface area (Å²) in [6.45, 7) is 1.81. The minimum absolute atomic E-state index is 0. The van der Waals surface area contributed by atoms with Crippen LogP contribution in [0.5, 0.6) is 5.75 Å². The fraction of sp³-hybridized carbons (Fsp3) is 0.333. The predicted molar refractivity (Wildman–Crippen MR) is 69.9 cm³/mol. The molecule has 0 radical (unpaired) electrons. The first kappa shape index (κ1) is 14.5. The van der Waals surface area contributed by atoms with Crippen molar-refractivity contribution in [2.75, 3.05) is 7.11 Å². The normalized spacial score (nSPS) is 11.7. The topological polar surface area (TPSA) is 74.2 Å². The van der Waals surface area contributed by atoms with Crippen LogP contribution < -0.4 is 10.5 Å². The number of rotatable bonds is 4. The fourth-order valence-corrected chi connectivity index (χ4v) is 1.45. The first-order valence-electron chi connectivity index (χ1n) is 5.40. The van der Waals surface area contributed by atoms with Crippen molar-refractivity contribution in [2.45, 2.75) is 19.4 Å². The van der Waals surface area contributed by atoms with Gasteiger partial charge >= 0.3 is 0 Å². The smallest absolute Gasteiger partial charge is 0.243 e. The lowest BCUT2D eigenvalue weighted by Gasteiger charge is -2.00. The Morgan fingerprint density at radius 3 is 2.50 bits per heavy atom. The summed E-state index contributed by atoms with van der Waals surface area (Å²) in [6, 6.07) is 7.53. The zero-order valence-corrected chi connectivity index (χ0v) is 11.1. The summed E-state index contributed by atoms with van der Waals surface area (Å²) in [6.07, 6.45) is 0.625. The Kier molecular flexibility index (Phi) is 5.12. The number of halogens is 1. The van der Waals surface area contributed by atoms with Gasteiger partial charge in [0.2, 0.25) is 5.89 Å². The average Bonchev–Trinajstić information content (AvgIpc) is 2.79. The molecule has 1 heterocycles. The van der Waals surface area contributed by atoms with E-state index in [1.54, 1.807) is 7.11 Å². The van der Waals surface area contributed by atoms with Crippen molar-refractivity contribution in [1.29, 1.82) is 0 Å². The molecule has 2 aromatic rings. The highest BCUT2D eigenvalue weighted by molar-refractivity contribution is 5.85. The van der Waals surface area contributed by atoms with Crippen LogP contribution >= 0.6 is 12.4 Å². The van der Waals surface area contributed by atoms with E-state index in [1.165, 1.54) is 0 Å². The molecule has 0 aliphatic carbocycles. The monoisotopic (exact) mass is 269 g/mol. The molecule has 1 aromatic heterocycles. The molecule has 0 spiro atoms. The maximum atomic E-state index is 5.65. The Morgan fingerprint density at radius 2 is 2.00 bits per heavy atom. The molecule has 0 bridgehead atoms. The summed E-state index contributed by atoms with van der Waals surface area (Å²) in [7, 11) is 1.64. The van der Waals surface area contributed by atoms with E-state index in [2.05, 4.69) is 10.1 Å². The fourth-order valence-electron chi connectivity index (χ4n) is 1.45. The van der Waals surface area contributed by atoms with Crippen molar-refractivity contribution in [3.05, 3.63) is 41.5 Å². The van der Waals surface area contributed by atoms with Crippen LogP contribution in [0, 0.1) is 0 Å². The van der Waals surface area contributed by atoms with Gasteiger partial charge in [0.25, 0.3) is 0 Å². The van der Waals surface area contributed by atoms with E-state index in [9.17, 15) is 0 Å². The summed E-state index contributed by atoms with van der Waals surface area (Å²) >= 11 is 0. The molecule has 0 aliphatic heterocycles. The SMILES string of the molecule is COc1ccc(Cc2noc([C@@H](C)N)n2)cc1.Cl. The van der Waals surface area contributed by atoms with Crippen molar-refractivity contribution >= 4 is 12.4 Å². The van der Waals surface area contributed by atoms with Crippen molar-refractivity contribution < 1.29 is 9.26 Å². The minimum Gasteiger partial charge on any atom is -0.497 e. The lowest BCUT2D eigenvalue weighted by molar-refractivity contribution is 0.358. The second-order valence-electron chi connectivity index (χ2n) is 3.86. The van der Waals surface area contributed by atoms with E-state index in [1.807, 2.05) is 31.2 Å². The molecule has 0 saturated carbocycles. The molecular weight excluding hydrogens is 254 g/mol. The lowest BCUT2D eigenvalue weighted by atomic mass is 10.1. The Morgan fingerprint density at radius 1 is 1.33 bits per heavy atom. The maximum Gasteiger partial charge on any atom is 0.243 e. The van der Waals surface area contributed by atoms with Crippen LogP contribution in [-0.2, 0) is 6.42 Å². The van der Waals surface area contributed by atoms with Crippen LogP contribution in [0.3, 0.4) is 0 Å². The quantitative estimate of drug-likeness (QED) is 0.920. The van der Waals surface area contributed by atoms with Gasteiger partial charge in [0, 0.05) is 6.42 Å². The summed E-state index contributed by atoms with van der Waals surface area (Å²) in [5.41, 5.74) is 6.75. The summed E-state index contributed by atoms with van der Waals surface area (Å²) in [5.74, 6) is 1.94. The molecule has 98 valence electrons. The Hall–Kier alpha value is -1.59. The number of nitrogens with zero attached hydrogens (tertiary/aromatic N) is 2. The second-order valence-corrected chi connectivity index (χ2v) is 3.86. The third kappa shape index (κ3) is 3.45. The van der Waals surface area contributed by atoms with Gasteiger partial charge in [-0.3, -0.25) is 0 Å². The number of ether oxygens (including phenoxy) is 1. The van der Waals surface area contributed by atoms with Crippen LogP contribution in [-0.4, -0.2) is 17.3 Å². The third-order valence-electron chi connectivity index (χ3n) is 2.39. The van der Waals surface area contributed by atoms with Crippen molar-refractivity contribution in [3.63, 3.8) is 0 Å². The Labute approximate surface area is 112 Å². The number of hydrogen-bond acceptors (Lipinski definition) is 5. The number of hydrogen-bond donors (Lipinski definition) is 1. The van der Waals surface area contributed by atoms with Gasteiger partial charge in [-0.15, -0.1) is 12.4 Å². The molecule has 0 amide bonds. The molecule has 0 aliphatic rings. The summed E-state index contributed by atoms with van der Waals surface area (Å²) in [4.78, 5) is 4.21. The zero-order chi connectivity index (χ0) is 12.3. The van der Waals surface area contributed by atoms with Gasteiger partial charge in [-0.05, 0) is 24.6 Å². The molecule has 5 nitrogen and oxygen atoms in total. The van der Waals surface area contributed by atoms with Gasteiger partial charge in [-0.2, -0.15) is 4.98 Å². The maximum absolute atomic E-state index is 5.65. The van der Waals surface area contributed by atoms with E-state index < -0.39 is 0 Å². The molecule has 1 atom stereocenters. The third-order valence-corrected chi connectivity index (χ3v) is 2.39. The van der Waals surface area contributed by atoms with Gasteiger partial charge in [0.1, 0.15) is 5.75 Å². The zero-order valence-electron chi connectivity index (χ0n) is 10.3. The molecule has 2 rings (SSSR count). The number of benzene rings is 1. The van der Waals surface area contributed by atoms with Crippen LogP contribution in [0.4, 0.5) is 0 Å². The van der Waals surface area contributed by atoms with Crippen LogP contribution in [0.15, 0.2) is 28.8 Å². The number of nitrogens with two attached hydrogens (primary N) is 1. The second kappa shape index (κ2) is 6.37. The van der Waals surface area contributed by atoms with Gasteiger partial charge in [-0.25, -0.2) is 0 Å². The molecule has 1 aromatic carbocycles.